The first-order valence-electron chi connectivity index (χ1n) is 5.29. The van der Waals surface area contributed by atoms with E-state index in [9.17, 15) is 0 Å². The number of rotatable bonds is 4. The van der Waals surface area contributed by atoms with Crippen molar-refractivity contribution < 1.29 is 0 Å². The van der Waals surface area contributed by atoms with Crippen molar-refractivity contribution in [3.05, 3.63) is 53.3 Å². The monoisotopic (exact) mass is 264 g/mol. The normalized spacial score (nSPS) is 10.2. The molecule has 0 unspecified atom stereocenters. The number of hydrogen-bond donors (Lipinski definition) is 1. The van der Waals surface area contributed by atoms with Crippen LogP contribution >= 0.6 is 23.4 Å². The first-order chi connectivity index (χ1) is 8.28. The number of halogens is 1. The summed E-state index contributed by atoms with van der Waals surface area (Å²) in [5.41, 5.74) is 2.14. The molecular weight excluding hydrogens is 252 g/mol. The minimum absolute atomic E-state index is 0.770. The fourth-order valence-electron chi connectivity index (χ4n) is 1.43. The molecule has 0 radical (unpaired) electrons. The molecule has 0 saturated carbocycles. The minimum atomic E-state index is 0.770. The first kappa shape index (κ1) is 12.3. The lowest BCUT2D eigenvalue weighted by atomic mass is 10.3. The molecular formula is C13H13ClN2S. The Morgan fingerprint density at radius 3 is 2.94 bits per heavy atom. The number of hydrogen-bond acceptors (Lipinski definition) is 3. The lowest BCUT2D eigenvalue weighted by Crippen LogP contribution is -1.92. The molecule has 1 aromatic carbocycles. The predicted octanol–water partition coefficient (Wildman–Crippen LogP) is 4.07. The number of thioether (sulfide) groups is 1. The van der Waals surface area contributed by atoms with E-state index in [0.29, 0.717) is 0 Å². The minimum Gasteiger partial charge on any atom is -0.388 e. The zero-order valence-electron chi connectivity index (χ0n) is 9.48. The van der Waals surface area contributed by atoms with Gasteiger partial charge in [0.15, 0.2) is 0 Å². The van der Waals surface area contributed by atoms with Crippen molar-refractivity contribution in [3.8, 4) is 0 Å². The van der Waals surface area contributed by atoms with Crippen molar-refractivity contribution in [2.24, 2.45) is 0 Å². The quantitative estimate of drug-likeness (QED) is 0.843. The van der Waals surface area contributed by atoms with Gasteiger partial charge in [-0.15, -0.1) is 11.8 Å². The summed E-state index contributed by atoms with van der Waals surface area (Å²) >= 11 is 7.67. The number of aromatic nitrogens is 1. The number of pyridine rings is 1. The van der Waals surface area contributed by atoms with Gasteiger partial charge in [0, 0.05) is 34.6 Å². The number of benzene rings is 1. The zero-order chi connectivity index (χ0) is 12.1. The van der Waals surface area contributed by atoms with Crippen molar-refractivity contribution in [1.29, 1.82) is 0 Å². The van der Waals surface area contributed by atoms with Gasteiger partial charge in [0.2, 0.25) is 0 Å². The van der Waals surface area contributed by atoms with E-state index in [0.717, 1.165) is 27.1 Å². The molecule has 2 rings (SSSR count). The van der Waals surface area contributed by atoms with Gasteiger partial charge in [0.25, 0.3) is 0 Å². The molecule has 0 aliphatic rings. The van der Waals surface area contributed by atoms with Crippen LogP contribution in [0.25, 0.3) is 0 Å². The molecule has 1 aromatic heterocycles. The summed E-state index contributed by atoms with van der Waals surface area (Å²) in [6.07, 6.45) is 1.82. The van der Waals surface area contributed by atoms with Gasteiger partial charge < -0.3 is 5.32 Å². The highest BCUT2D eigenvalue weighted by molar-refractivity contribution is 7.98. The van der Waals surface area contributed by atoms with Crippen molar-refractivity contribution in [2.45, 2.75) is 10.6 Å². The Morgan fingerprint density at radius 2 is 2.18 bits per heavy atom. The van der Waals surface area contributed by atoms with E-state index in [4.69, 9.17) is 11.6 Å². The SMILES string of the molecule is CNc1ccnc(CSc2cccc(Cl)c2)c1. The third-order valence-electron chi connectivity index (χ3n) is 2.29. The predicted molar refractivity (Wildman–Crippen MR) is 74.8 cm³/mol. The molecule has 0 aliphatic carbocycles. The van der Waals surface area contributed by atoms with Crippen LogP contribution in [0.15, 0.2) is 47.5 Å². The molecule has 2 aromatic rings. The van der Waals surface area contributed by atoms with Gasteiger partial charge in [0.05, 0.1) is 5.69 Å². The molecule has 0 aliphatic heterocycles. The maximum atomic E-state index is 5.94. The molecule has 17 heavy (non-hydrogen) atoms. The summed E-state index contributed by atoms with van der Waals surface area (Å²) in [6, 6.07) is 11.9. The Morgan fingerprint density at radius 1 is 1.29 bits per heavy atom. The van der Waals surface area contributed by atoms with E-state index in [2.05, 4.69) is 22.4 Å². The molecule has 0 saturated heterocycles. The number of nitrogens with zero attached hydrogens (tertiary/aromatic N) is 1. The Hall–Kier alpha value is -1.19. The number of nitrogens with one attached hydrogen (secondary N) is 1. The van der Waals surface area contributed by atoms with Crippen LogP contribution in [0.2, 0.25) is 5.02 Å². The summed E-state index contributed by atoms with van der Waals surface area (Å²) < 4.78 is 0. The summed E-state index contributed by atoms with van der Waals surface area (Å²) in [5, 5.41) is 3.87. The molecule has 1 heterocycles. The standard InChI is InChI=1S/C13H13ClN2S/c1-15-11-5-6-16-12(8-11)9-17-13-4-2-3-10(14)7-13/h2-8H,9H2,1H3,(H,15,16). The largest absolute Gasteiger partial charge is 0.388 e. The second kappa shape index (κ2) is 5.94. The van der Waals surface area contributed by atoms with Gasteiger partial charge in [-0.2, -0.15) is 0 Å². The van der Waals surface area contributed by atoms with E-state index in [1.807, 2.05) is 37.5 Å². The maximum Gasteiger partial charge on any atom is 0.0526 e. The zero-order valence-corrected chi connectivity index (χ0v) is 11.1. The van der Waals surface area contributed by atoms with Gasteiger partial charge >= 0.3 is 0 Å². The van der Waals surface area contributed by atoms with Crippen LogP contribution in [0.4, 0.5) is 5.69 Å². The molecule has 4 heteroatoms. The van der Waals surface area contributed by atoms with Crippen LogP contribution in [-0.4, -0.2) is 12.0 Å². The van der Waals surface area contributed by atoms with Gasteiger partial charge in [-0.05, 0) is 30.3 Å². The Labute approximate surface area is 110 Å². The van der Waals surface area contributed by atoms with E-state index < -0.39 is 0 Å². The fraction of sp³-hybridized carbons (Fsp3) is 0.154. The summed E-state index contributed by atoms with van der Waals surface area (Å²) in [6.45, 7) is 0. The van der Waals surface area contributed by atoms with E-state index in [-0.39, 0.29) is 0 Å². The fourth-order valence-corrected chi connectivity index (χ4v) is 2.54. The Kier molecular flexibility index (Phi) is 4.29. The Balaban J connectivity index is 2.02. The third-order valence-corrected chi connectivity index (χ3v) is 3.55. The average Bonchev–Trinajstić information content (AvgIpc) is 2.37. The summed E-state index contributed by atoms with van der Waals surface area (Å²) in [4.78, 5) is 5.49. The molecule has 0 spiro atoms. The molecule has 0 fully saturated rings. The van der Waals surface area contributed by atoms with Crippen LogP contribution in [0, 0.1) is 0 Å². The molecule has 0 amide bonds. The lowest BCUT2D eigenvalue weighted by Gasteiger charge is -2.04. The van der Waals surface area contributed by atoms with E-state index >= 15 is 0 Å². The molecule has 88 valence electrons. The van der Waals surface area contributed by atoms with Crippen molar-refractivity contribution in [2.75, 3.05) is 12.4 Å². The van der Waals surface area contributed by atoms with Crippen LogP contribution in [0.3, 0.4) is 0 Å². The highest BCUT2D eigenvalue weighted by atomic mass is 35.5. The summed E-state index contributed by atoms with van der Waals surface area (Å²) in [7, 11) is 1.91. The average molecular weight is 265 g/mol. The highest BCUT2D eigenvalue weighted by Crippen LogP contribution is 2.25. The second-order valence-electron chi connectivity index (χ2n) is 3.53. The molecule has 0 bridgehead atoms. The van der Waals surface area contributed by atoms with Crippen LogP contribution < -0.4 is 5.32 Å². The third kappa shape index (κ3) is 3.65. The van der Waals surface area contributed by atoms with E-state index in [1.54, 1.807) is 11.8 Å². The molecule has 2 nitrogen and oxygen atoms in total. The van der Waals surface area contributed by atoms with Gasteiger partial charge in [-0.25, -0.2) is 0 Å². The van der Waals surface area contributed by atoms with Crippen molar-refractivity contribution in [3.63, 3.8) is 0 Å². The second-order valence-corrected chi connectivity index (χ2v) is 5.02. The number of anilines is 1. The van der Waals surface area contributed by atoms with Gasteiger partial charge in [-0.3, -0.25) is 4.98 Å². The van der Waals surface area contributed by atoms with E-state index in [1.165, 1.54) is 0 Å². The smallest absolute Gasteiger partial charge is 0.0526 e. The maximum absolute atomic E-state index is 5.94. The van der Waals surface area contributed by atoms with Crippen LogP contribution in [0.5, 0.6) is 0 Å². The van der Waals surface area contributed by atoms with Gasteiger partial charge in [-0.1, -0.05) is 17.7 Å². The summed E-state index contributed by atoms with van der Waals surface area (Å²) in [5.74, 6) is 0.843. The Bertz CT molecular complexity index is 502. The van der Waals surface area contributed by atoms with Crippen LogP contribution in [-0.2, 0) is 5.75 Å². The van der Waals surface area contributed by atoms with Crippen molar-refractivity contribution in [1.82, 2.24) is 4.98 Å². The van der Waals surface area contributed by atoms with Crippen LogP contribution in [0.1, 0.15) is 5.69 Å². The lowest BCUT2D eigenvalue weighted by molar-refractivity contribution is 1.17. The topological polar surface area (TPSA) is 24.9 Å². The molecule has 1 N–H and O–H groups in total. The van der Waals surface area contributed by atoms with Gasteiger partial charge in [0.1, 0.15) is 0 Å². The van der Waals surface area contributed by atoms with Crippen molar-refractivity contribution >= 4 is 29.1 Å². The molecule has 0 atom stereocenters. The highest BCUT2D eigenvalue weighted by Gasteiger charge is 1.99. The first-order valence-corrected chi connectivity index (χ1v) is 6.65.